The summed E-state index contributed by atoms with van der Waals surface area (Å²) in [5.41, 5.74) is 1.22. The Balaban J connectivity index is 0.00000180. The van der Waals surface area contributed by atoms with E-state index in [1.165, 1.54) is 13.3 Å². The standard InChI is InChI=1S/C14H18N2O2.ClH/c1-10(17)11-4-6-12(7-5-11)14(18)16-9-13-3-2-8-15-13;/h4-7,13,15H,2-3,8-9H2,1H3,(H,16,18);1H. The minimum atomic E-state index is -0.0844. The SMILES string of the molecule is CC(=O)c1ccc(C(=O)NCC2CCCN2)cc1.Cl. The number of Topliss-reactive ketones (excluding diaryl/α,β-unsaturated/α-hetero) is 1. The molecule has 1 atom stereocenters. The Morgan fingerprint density at radius 3 is 2.42 bits per heavy atom. The van der Waals surface area contributed by atoms with Crippen molar-refractivity contribution in [1.82, 2.24) is 10.6 Å². The number of nitrogens with one attached hydrogen (secondary N) is 2. The number of rotatable bonds is 4. The van der Waals surface area contributed by atoms with E-state index < -0.39 is 0 Å². The van der Waals surface area contributed by atoms with Crippen molar-refractivity contribution in [2.24, 2.45) is 0 Å². The van der Waals surface area contributed by atoms with Crippen LogP contribution in [0, 0.1) is 0 Å². The van der Waals surface area contributed by atoms with Gasteiger partial charge >= 0.3 is 0 Å². The van der Waals surface area contributed by atoms with Crippen LogP contribution in [0.5, 0.6) is 0 Å². The Kier molecular flexibility index (Phi) is 5.99. The van der Waals surface area contributed by atoms with E-state index in [9.17, 15) is 9.59 Å². The van der Waals surface area contributed by atoms with Gasteiger partial charge in [0, 0.05) is 23.7 Å². The van der Waals surface area contributed by atoms with Gasteiger partial charge in [0.1, 0.15) is 0 Å². The quantitative estimate of drug-likeness (QED) is 0.828. The van der Waals surface area contributed by atoms with Crippen molar-refractivity contribution >= 4 is 24.1 Å². The minimum absolute atomic E-state index is 0. The zero-order valence-corrected chi connectivity index (χ0v) is 11.8. The molecule has 1 fully saturated rings. The average molecular weight is 283 g/mol. The van der Waals surface area contributed by atoms with Gasteiger partial charge in [-0.05, 0) is 38.4 Å². The summed E-state index contributed by atoms with van der Waals surface area (Å²) in [7, 11) is 0. The van der Waals surface area contributed by atoms with E-state index in [1.807, 2.05) is 0 Å². The highest BCUT2D eigenvalue weighted by molar-refractivity contribution is 5.97. The molecule has 104 valence electrons. The number of benzene rings is 1. The van der Waals surface area contributed by atoms with E-state index in [-0.39, 0.29) is 24.1 Å². The van der Waals surface area contributed by atoms with Gasteiger partial charge < -0.3 is 10.6 Å². The summed E-state index contributed by atoms with van der Waals surface area (Å²) in [4.78, 5) is 23.0. The topological polar surface area (TPSA) is 58.2 Å². The molecule has 1 aliphatic rings. The van der Waals surface area contributed by atoms with Crippen molar-refractivity contribution in [2.45, 2.75) is 25.8 Å². The highest BCUT2D eigenvalue weighted by Gasteiger charge is 2.15. The summed E-state index contributed by atoms with van der Waals surface area (Å²) in [5, 5.41) is 6.23. The van der Waals surface area contributed by atoms with Gasteiger partial charge in [0.15, 0.2) is 5.78 Å². The van der Waals surface area contributed by atoms with E-state index in [4.69, 9.17) is 0 Å². The lowest BCUT2D eigenvalue weighted by Crippen LogP contribution is -2.37. The zero-order chi connectivity index (χ0) is 13.0. The second-order valence-electron chi connectivity index (χ2n) is 4.64. The van der Waals surface area contributed by atoms with Crippen LogP contribution in [-0.4, -0.2) is 30.8 Å². The Hall–Kier alpha value is -1.39. The molecule has 2 N–H and O–H groups in total. The van der Waals surface area contributed by atoms with Crippen LogP contribution in [0.4, 0.5) is 0 Å². The summed E-state index contributed by atoms with van der Waals surface area (Å²) in [6, 6.07) is 7.14. The number of carbonyl (C=O) groups is 2. The van der Waals surface area contributed by atoms with E-state index >= 15 is 0 Å². The van der Waals surface area contributed by atoms with Crippen molar-refractivity contribution < 1.29 is 9.59 Å². The van der Waals surface area contributed by atoms with Gasteiger partial charge in [0.05, 0.1) is 0 Å². The van der Waals surface area contributed by atoms with E-state index in [1.54, 1.807) is 24.3 Å². The van der Waals surface area contributed by atoms with E-state index in [0.29, 0.717) is 23.7 Å². The maximum atomic E-state index is 11.9. The molecule has 4 nitrogen and oxygen atoms in total. The maximum Gasteiger partial charge on any atom is 0.251 e. The summed E-state index contributed by atoms with van der Waals surface area (Å²) in [6.45, 7) is 3.21. The number of halogens is 1. The van der Waals surface area contributed by atoms with Gasteiger partial charge in [-0.2, -0.15) is 0 Å². The third-order valence-electron chi connectivity index (χ3n) is 3.23. The lowest BCUT2D eigenvalue weighted by Gasteiger charge is -2.11. The highest BCUT2D eigenvalue weighted by Crippen LogP contribution is 2.06. The molecule has 2 rings (SSSR count). The van der Waals surface area contributed by atoms with Crippen molar-refractivity contribution in [2.75, 3.05) is 13.1 Å². The molecule has 1 aliphatic heterocycles. The van der Waals surface area contributed by atoms with Crippen LogP contribution in [0.15, 0.2) is 24.3 Å². The molecule has 1 aromatic rings. The molecule has 0 bridgehead atoms. The number of carbonyl (C=O) groups excluding carboxylic acids is 2. The second kappa shape index (κ2) is 7.26. The molecule has 1 amide bonds. The number of amides is 1. The first-order valence-electron chi connectivity index (χ1n) is 6.29. The molecule has 1 unspecified atom stereocenters. The van der Waals surface area contributed by atoms with Gasteiger partial charge in [0.2, 0.25) is 0 Å². The maximum absolute atomic E-state index is 11.9. The van der Waals surface area contributed by atoms with Crippen LogP contribution >= 0.6 is 12.4 Å². The number of hydrogen-bond acceptors (Lipinski definition) is 3. The van der Waals surface area contributed by atoms with Crippen LogP contribution in [0.1, 0.15) is 40.5 Å². The molecular weight excluding hydrogens is 264 g/mol. The van der Waals surface area contributed by atoms with Crippen molar-refractivity contribution in [3.63, 3.8) is 0 Å². The van der Waals surface area contributed by atoms with E-state index in [0.717, 1.165) is 13.0 Å². The summed E-state index contributed by atoms with van der Waals surface area (Å²) < 4.78 is 0. The predicted octanol–water partition coefficient (Wildman–Crippen LogP) is 1.79. The molecule has 1 heterocycles. The molecule has 0 aromatic heterocycles. The first-order chi connectivity index (χ1) is 8.66. The Labute approximate surface area is 119 Å². The number of ketones is 1. The predicted molar refractivity (Wildman–Crippen MR) is 77.1 cm³/mol. The monoisotopic (exact) mass is 282 g/mol. The molecule has 19 heavy (non-hydrogen) atoms. The van der Waals surface area contributed by atoms with E-state index in [2.05, 4.69) is 10.6 Å². The van der Waals surface area contributed by atoms with Crippen LogP contribution in [0.3, 0.4) is 0 Å². The molecule has 0 spiro atoms. The fraction of sp³-hybridized carbons (Fsp3) is 0.429. The number of hydrogen-bond donors (Lipinski definition) is 2. The Morgan fingerprint density at radius 2 is 1.89 bits per heavy atom. The fourth-order valence-electron chi connectivity index (χ4n) is 2.11. The molecule has 0 radical (unpaired) electrons. The van der Waals surface area contributed by atoms with Crippen molar-refractivity contribution in [3.8, 4) is 0 Å². The normalized spacial score (nSPS) is 17.6. The third kappa shape index (κ3) is 4.33. The Bertz CT molecular complexity index is 439. The lowest BCUT2D eigenvalue weighted by molar-refractivity contribution is 0.0948. The average Bonchev–Trinajstić information content (AvgIpc) is 2.89. The third-order valence-corrected chi connectivity index (χ3v) is 3.23. The first kappa shape index (κ1) is 15.7. The highest BCUT2D eigenvalue weighted by atomic mass is 35.5. The summed E-state index contributed by atoms with van der Waals surface area (Å²) in [6.07, 6.45) is 2.29. The first-order valence-corrected chi connectivity index (χ1v) is 6.29. The van der Waals surface area contributed by atoms with Gasteiger partial charge in [-0.1, -0.05) is 12.1 Å². The molecular formula is C14H19ClN2O2. The summed E-state index contributed by atoms with van der Waals surface area (Å²) >= 11 is 0. The largest absolute Gasteiger partial charge is 0.350 e. The zero-order valence-electron chi connectivity index (χ0n) is 10.9. The van der Waals surface area contributed by atoms with Crippen LogP contribution in [0.25, 0.3) is 0 Å². The summed E-state index contributed by atoms with van der Waals surface area (Å²) in [5.74, 6) is -0.0732. The molecule has 0 saturated carbocycles. The van der Waals surface area contributed by atoms with Crippen molar-refractivity contribution in [3.05, 3.63) is 35.4 Å². The Morgan fingerprint density at radius 1 is 1.26 bits per heavy atom. The van der Waals surface area contributed by atoms with Crippen molar-refractivity contribution in [1.29, 1.82) is 0 Å². The van der Waals surface area contributed by atoms with Crippen LogP contribution < -0.4 is 10.6 Å². The van der Waals surface area contributed by atoms with Crippen LogP contribution in [-0.2, 0) is 0 Å². The molecule has 1 saturated heterocycles. The molecule has 1 aromatic carbocycles. The smallest absolute Gasteiger partial charge is 0.251 e. The van der Waals surface area contributed by atoms with Gasteiger partial charge in [-0.15, -0.1) is 12.4 Å². The van der Waals surface area contributed by atoms with Gasteiger partial charge in [-0.3, -0.25) is 9.59 Å². The second-order valence-corrected chi connectivity index (χ2v) is 4.64. The van der Waals surface area contributed by atoms with Gasteiger partial charge in [-0.25, -0.2) is 0 Å². The van der Waals surface area contributed by atoms with Gasteiger partial charge in [0.25, 0.3) is 5.91 Å². The fourth-order valence-corrected chi connectivity index (χ4v) is 2.11. The van der Waals surface area contributed by atoms with Crippen LogP contribution in [0.2, 0.25) is 0 Å². The molecule has 0 aliphatic carbocycles. The molecule has 5 heteroatoms. The lowest BCUT2D eigenvalue weighted by atomic mass is 10.1. The minimum Gasteiger partial charge on any atom is -0.350 e.